The largest absolute Gasteiger partial charge is 0.478 e. The van der Waals surface area contributed by atoms with Gasteiger partial charge in [-0.15, -0.1) is 0 Å². The number of hydrogen-bond acceptors (Lipinski definition) is 3. The van der Waals surface area contributed by atoms with Crippen LogP contribution in [0, 0.1) is 0 Å². The summed E-state index contributed by atoms with van der Waals surface area (Å²) in [5.41, 5.74) is 0.410. The zero-order valence-electron chi connectivity index (χ0n) is 9.77. The average Bonchev–Trinajstić information content (AvgIpc) is 2.34. The Hall–Kier alpha value is -1.17. The van der Waals surface area contributed by atoms with Gasteiger partial charge in [0.2, 0.25) is 3.79 Å². The van der Waals surface area contributed by atoms with Crippen molar-refractivity contribution in [2.45, 2.75) is 3.79 Å². The van der Waals surface area contributed by atoms with E-state index >= 15 is 0 Å². The monoisotopic (exact) mass is 325 g/mol. The molecule has 1 N–H and O–H groups in total. The minimum absolute atomic E-state index is 0.0542. The van der Waals surface area contributed by atoms with E-state index in [2.05, 4.69) is 0 Å². The van der Waals surface area contributed by atoms with Crippen molar-refractivity contribution in [2.75, 3.05) is 18.6 Å². The molecule has 0 saturated heterocycles. The van der Waals surface area contributed by atoms with Gasteiger partial charge < -0.3 is 9.84 Å². The van der Waals surface area contributed by atoms with Crippen LogP contribution in [0.4, 0.5) is 10.5 Å². The van der Waals surface area contributed by atoms with Crippen molar-refractivity contribution in [3.63, 3.8) is 0 Å². The van der Waals surface area contributed by atoms with Crippen LogP contribution in [0.1, 0.15) is 10.4 Å². The lowest BCUT2D eigenvalue weighted by Crippen LogP contribution is -2.30. The number of hydrogen-bond donors (Lipinski definition) is 1. The number of carbonyl (C=O) groups excluding carboxylic acids is 1. The van der Waals surface area contributed by atoms with Gasteiger partial charge in [0.05, 0.1) is 5.56 Å². The van der Waals surface area contributed by atoms with Crippen molar-refractivity contribution in [3.8, 4) is 0 Å². The molecule has 1 aromatic carbocycles. The summed E-state index contributed by atoms with van der Waals surface area (Å²) < 4.78 is 3.07. The van der Waals surface area contributed by atoms with Crippen molar-refractivity contribution in [3.05, 3.63) is 29.8 Å². The van der Waals surface area contributed by atoms with Crippen molar-refractivity contribution in [1.29, 1.82) is 0 Å². The molecule has 104 valence electrons. The fourth-order valence-corrected chi connectivity index (χ4v) is 1.36. The van der Waals surface area contributed by atoms with Gasteiger partial charge in [0.1, 0.15) is 6.61 Å². The first-order chi connectivity index (χ1) is 8.70. The fraction of sp³-hybridized carbons (Fsp3) is 0.273. The summed E-state index contributed by atoms with van der Waals surface area (Å²) in [7, 11) is 1.42. The predicted molar refractivity (Wildman–Crippen MR) is 73.4 cm³/mol. The second-order valence-corrected chi connectivity index (χ2v) is 6.10. The standard InChI is InChI=1S/C11H10Cl3NO4/c1-15(10(18)19-6-11(12,13)14)8-4-2-3-7(5-8)9(16)17/h2-5H,6H2,1H3,(H,16,17). The molecule has 0 fully saturated rings. The number of aromatic carboxylic acids is 1. The molecule has 0 atom stereocenters. The maximum Gasteiger partial charge on any atom is 0.414 e. The maximum atomic E-state index is 11.7. The van der Waals surface area contributed by atoms with E-state index in [0.29, 0.717) is 5.69 Å². The Morgan fingerprint density at radius 1 is 1.37 bits per heavy atom. The maximum absolute atomic E-state index is 11.7. The predicted octanol–water partition coefficient (Wildman–Crippen LogP) is 3.33. The quantitative estimate of drug-likeness (QED) is 0.865. The minimum Gasteiger partial charge on any atom is -0.478 e. The summed E-state index contributed by atoms with van der Waals surface area (Å²) in [6.45, 7) is -0.403. The highest BCUT2D eigenvalue weighted by molar-refractivity contribution is 6.67. The molecular weight excluding hydrogens is 316 g/mol. The normalized spacial score (nSPS) is 10.9. The van der Waals surface area contributed by atoms with Crippen LogP contribution in [0.2, 0.25) is 0 Å². The van der Waals surface area contributed by atoms with E-state index < -0.39 is 22.5 Å². The van der Waals surface area contributed by atoms with E-state index in [1.165, 1.54) is 25.2 Å². The summed E-state index contributed by atoms with van der Waals surface area (Å²) in [5, 5.41) is 8.85. The molecule has 1 aromatic rings. The van der Waals surface area contributed by atoms with Gasteiger partial charge in [-0.05, 0) is 18.2 Å². The topological polar surface area (TPSA) is 66.8 Å². The lowest BCUT2D eigenvalue weighted by atomic mass is 10.2. The summed E-state index contributed by atoms with van der Waals surface area (Å²) in [6, 6.07) is 5.81. The molecule has 5 nitrogen and oxygen atoms in total. The lowest BCUT2D eigenvalue weighted by molar-refractivity contribution is 0.0696. The number of rotatable bonds is 3. The molecule has 0 spiro atoms. The van der Waals surface area contributed by atoms with E-state index in [1.807, 2.05) is 0 Å². The van der Waals surface area contributed by atoms with Gasteiger partial charge in [0.15, 0.2) is 0 Å². The zero-order chi connectivity index (χ0) is 14.6. The van der Waals surface area contributed by atoms with Gasteiger partial charge in [0, 0.05) is 12.7 Å². The molecule has 0 unspecified atom stereocenters. The van der Waals surface area contributed by atoms with E-state index in [-0.39, 0.29) is 5.56 Å². The number of anilines is 1. The first-order valence-corrected chi connectivity index (χ1v) is 6.14. The summed E-state index contributed by atoms with van der Waals surface area (Å²) >= 11 is 16.4. The lowest BCUT2D eigenvalue weighted by Gasteiger charge is -2.19. The van der Waals surface area contributed by atoms with E-state index in [0.717, 1.165) is 4.90 Å². The smallest absolute Gasteiger partial charge is 0.414 e. The SMILES string of the molecule is CN(C(=O)OCC(Cl)(Cl)Cl)c1cccc(C(=O)O)c1. The summed E-state index contributed by atoms with van der Waals surface area (Å²) in [4.78, 5) is 23.6. The van der Waals surface area contributed by atoms with Crippen LogP contribution < -0.4 is 4.90 Å². The molecule has 0 aliphatic rings. The van der Waals surface area contributed by atoms with Crippen LogP contribution in [0.15, 0.2) is 24.3 Å². The average molecular weight is 327 g/mol. The van der Waals surface area contributed by atoms with Gasteiger partial charge in [-0.2, -0.15) is 0 Å². The molecule has 0 radical (unpaired) electrons. The molecule has 0 aliphatic carbocycles. The van der Waals surface area contributed by atoms with Crippen molar-refractivity contribution < 1.29 is 19.4 Å². The van der Waals surface area contributed by atoms with Crippen LogP contribution in [-0.2, 0) is 4.74 Å². The van der Waals surface area contributed by atoms with Crippen LogP contribution in [-0.4, -0.2) is 34.6 Å². The minimum atomic E-state index is -1.70. The van der Waals surface area contributed by atoms with Gasteiger partial charge in [0.25, 0.3) is 0 Å². The summed E-state index contributed by atoms with van der Waals surface area (Å²) in [6.07, 6.45) is -0.756. The molecule has 1 rings (SSSR count). The highest BCUT2D eigenvalue weighted by Crippen LogP contribution is 2.26. The number of ether oxygens (including phenoxy) is 1. The Morgan fingerprint density at radius 2 is 2.00 bits per heavy atom. The van der Waals surface area contributed by atoms with Crippen LogP contribution >= 0.6 is 34.8 Å². The molecule has 0 aliphatic heterocycles. The number of amides is 1. The third-order valence-corrected chi connectivity index (χ3v) is 2.44. The number of carboxylic acid groups (broad SMARTS) is 1. The molecule has 1 amide bonds. The molecule has 0 aromatic heterocycles. The van der Waals surface area contributed by atoms with E-state index in [9.17, 15) is 9.59 Å². The van der Waals surface area contributed by atoms with E-state index in [1.54, 1.807) is 6.07 Å². The Labute approximate surface area is 124 Å². The second kappa shape index (κ2) is 6.32. The third-order valence-electron chi connectivity index (χ3n) is 2.11. The Morgan fingerprint density at radius 3 is 2.53 bits per heavy atom. The van der Waals surface area contributed by atoms with Gasteiger partial charge in [-0.1, -0.05) is 40.9 Å². The molecular formula is C11H10Cl3NO4. The highest BCUT2D eigenvalue weighted by atomic mass is 35.6. The van der Waals surface area contributed by atoms with Crippen molar-refractivity contribution >= 4 is 52.6 Å². The highest BCUT2D eigenvalue weighted by Gasteiger charge is 2.24. The number of nitrogens with zero attached hydrogens (tertiary/aromatic N) is 1. The van der Waals surface area contributed by atoms with Crippen LogP contribution in [0.3, 0.4) is 0 Å². The Kier molecular flexibility index (Phi) is 5.29. The van der Waals surface area contributed by atoms with Gasteiger partial charge in [-0.25, -0.2) is 9.59 Å². The zero-order valence-corrected chi connectivity index (χ0v) is 12.0. The Bertz CT molecular complexity index is 487. The number of carboxylic acids is 1. The van der Waals surface area contributed by atoms with E-state index in [4.69, 9.17) is 44.6 Å². The number of alkyl halides is 3. The molecule has 0 bridgehead atoms. The van der Waals surface area contributed by atoms with Gasteiger partial charge in [-0.3, -0.25) is 4.90 Å². The summed E-state index contributed by atoms with van der Waals surface area (Å²) in [5.74, 6) is -1.09. The first kappa shape index (κ1) is 15.9. The molecule has 8 heteroatoms. The van der Waals surface area contributed by atoms with Gasteiger partial charge >= 0.3 is 12.1 Å². The van der Waals surface area contributed by atoms with Crippen molar-refractivity contribution in [1.82, 2.24) is 0 Å². The molecule has 19 heavy (non-hydrogen) atoms. The van der Waals surface area contributed by atoms with Crippen LogP contribution in [0.5, 0.6) is 0 Å². The Balaban J connectivity index is 2.77. The number of carbonyl (C=O) groups is 2. The number of benzene rings is 1. The first-order valence-electron chi connectivity index (χ1n) is 5.01. The fourth-order valence-electron chi connectivity index (χ4n) is 1.19. The molecule has 0 saturated carbocycles. The number of halogens is 3. The second-order valence-electron chi connectivity index (χ2n) is 3.58. The van der Waals surface area contributed by atoms with Crippen molar-refractivity contribution in [2.24, 2.45) is 0 Å². The molecule has 0 heterocycles. The third kappa shape index (κ3) is 5.14. The van der Waals surface area contributed by atoms with Crippen LogP contribution in [0.25, 0.3) is 0 Å².